The number of nitrogens with zero attached hydrogens (tertiary/aromatic N) is 2. The molecule has 5 nitrogen and oxygen atoms in total. The second-order valence-corrected chi connectivity index (χ2v) is 5.34. The van der Waals surface area contributed by atoms with Crippen LogP contribution in [0.3, 0.4) is 0 Å². The first kappa shape index (κ1) is 14.3. The van der Waals surface area contributed by atoms with Crippen molar-refractivity contribution in [2.45, 2.75) is 19.5 Å². The van der Waals surface area contributed by atoms with Gasteiger partial charge in [-0.3, -0.25) is 0 Å². The molecule has 0 saturated heterocycles. The second kappa shape index (κ2) is 5.61. The zero-order chi connectivity index (χ0) is 15.7. The highest BCUT2D eigenvalue weighted by Gasteiger charge is 2.14. The van der Waals surface area contributed by atoms with Crippen molar-refractivity contribution in [3.63, 3.8) is 0 Å². The Kier molecular flexibility index (Phi) is 3.65. The molecule has 1 unspecified atom stereocenters. The number of imidazole rings is 1. The van der Waals surface area contributed by atoms with E-state index < -0.39 is 5.97 Å². The van der Waals surface area contributed by atoms with Gasteiger partial charge >= 0.3 is 5.97 Å². The number of carboxylic acids is 1. The van der Waals surface area contributed by atoms with Gasteiger partial charge < -0.3 is 15.4 Å². The summed E-state index contributed by atoms with van der Waals surface area (Å²) >= 11 is 0. The third-order valence-electron chi connectivity index (χ3n) is 3.63. The molecule has 0 amide bonds. The molecule has 1 atom stereocenters. The summed E-state index contributed by atoms with van der Waals surface area (Å²) in [5.41, 5.74) is 9.27. The number of benzene rings is 2. The summed E-state index contributed by atoms with van der Waals surface area (Å²) in [7, 11) is 0. The van der Waals surface area contributed by atoms with Gasteiger partial charge in [0.1, 0.15) is 5.82 Å². The van der Waals surface area contributed by atoms with Crippen LogP contribution in [0.5, 0.6) is 0 Å². The fourth-order valence-corrected chi connectivity index (χ4v) is 2.54. The number of para-hydroxylation sites is 2. The zero-order valence-electron chi connectivity index (χ0n) is 12.2. The predicted octanol–water partition coefficient (Wildman–Crippen LogP) is 2.80. The molecule has 1 heterocycles. The van der Waals surface area contributed by atoms with Crippen LogP contribution >= 0.6 is 0 Å². The van der Waals surface area contributed by atoms with Gasteiger partial charge in [0.25, 0.3) is 0 Å². The van der Waals surface area contributed by atoms with Crippen LogP contribution in [-0.2, 0) is 6.54 Å². The molecule has 1 aromatic heterocycles. The Bertz CT molecular complexity index is 820. The van der Waals surface area contributed by atoms with E-state index in [1.54, 1.807) is 12.1 Å². The maximum Gasteiger partial charge on any atom is 0.335 e. The number of fused-ring (bicyclic) bond motifs is 1. The third kappa shape index (κ3) is 2.58. The Morgan fingerprint density at radius 1 is 1.23 bits per heavy atom. The van der Waals surface area contributed by atoms with Crippen molar-refractivity contribution in [3.05, 3.63) is 65.5 Å². The van der Waals surface area contributed by atoms with Crippen LogP contribution in [0, 0.1) is 0 Å². The molecule has 3 N–H and O–H groups in total. The number of hydrogen-bond donors (Lipinski definition) is 2. The second-order valence-electron chi connectivity index (χ2n) is 5.34. The van der Waals surface area contributed by atoms with Crippen molar-refractivity contribution in [1.82, 2.24) is 9.55 Å². The van der Waals surface area contributed by atoms with Crippen LogP contribution in [0.2, 0.25) is 0 Å². The van der Waals surface area contributed by atoms with Crippen molar-refractivity contribution < 1.29 is 9.90 Å². The van der Waals surface area contributed by atoms with Gasteiger partial charge in [-0.15, -0.1) is 0 Å². The van der Waals surface area contributed by atoms with Gasteiger partial charge in [-0.05, 0) is 36.8 Å². The molecule has 112 valence electrons. The van der Waals surface area contributed by atoms with Crippen LogP contribution < -0.4 is 5.73 Å². The van der Waals surface area contributed by atoms with Crippen LogP contribution in [0.25, 0.3) is 11.0 Å². The fraction of sp³-hybridized carbons (Fsp3) is 0.176. The highest BCUT2D eigenvalue weighted by atomic mass is 16.4. The molecule has 0 aliphatic rings. The molecule has 0 saturated carbocycles. The summed E-state index contributed by atoms with van der Waals surface area (Å²) in [4.78, 5) is 15.5. The van der Waals surface area contributed by atoms with Crippen LogP contribution in [0.1, 0.15) is 34.7 Å². The van der Waals surface area contributed by atoms with Crippen LogP contribution in [-0.4, -0.2) is 20.6 Å². The van der Waals surface area contributed by atoms with E-state index in [1.807, 2.05) is 43.3 Å². The Balaban J connectivity index is 2.02. The number of carboxylic acid groups (broad SMARTS) is 1. The topological polar surface area (TPSA) is 81.1 Å². The van der Waals surface area contributed by atoms with E-state index in [4.69, 9.17) is 10.8 Å². The summed E-state index contributed by atoms with van der Waals surface area (Å²) in [6, 6.07) is 14.6. The lowest BCUT2D eigenvalue weighted by atomic mass is 10.1. The summed E-state index contributed by atoms with van der Waals surface area (Å²) in [6.07, 6.45) is 0. The smallest absolute Gasteiger partial charge is 0.335 e. The largest absolute Gasteiger partial charge is 0.478 e. The van der Waals surface area contributed by atoms with E-state index in [0.29, 0.717) is 6.54 Å². The molecule has 2 aromatic carbocycles. The quantitative estimate of drug-likeness (QED) is 0.775. The van der Waals surface area contributed by atoms with Crippen molar-refractivity contribution >= 4 is 17.0 Å². The average molecular weight is 295 g/mol. The van der Waals surface area contributed by atoms with Gasteiger partial charge in [0.2, 0.25) is 0 Å². The minimum Gasteiger partial charge on any atom is -0.478 e. The summed E-state index contributed by atoms with van der Waals surface area (Å²) in [5, 5.41) is 8.96. The first-order valence-electron chi connectivity index (χ1n) is 7.09. The first-order chi connectivity index (χ1) is 10.6. The molecule has 0 radical (unpaired) electrons. The fourth-order valence-electron chi connectivity index (χ4n) is 2.54. The van der Waals surface area contributed by atoms with Crippen molar-refractivity contribution in [3.8, 4) is 0 Å². The van der Waals surface area contributed by atoms with Crippen LogP contribution in [0.4, 0.5) is 0 Å². The molecule has 0 aliphatic heterocycles. The number of rotatable bonds is 4. The number of aromatic carboxylic acids is 1. The molecular weight excluding hydrogens is 278 g/mol. The Morgan fingerprint density at radius 3 is 2.55 bits per heavy atom. The van der Waals surface area contributed by atoms with Gasteiger partial charge in [0, 0.05) is 6.54 Å². The Hall–Kier alpha value is -2.66. The van der Waals surface area contributed by atoms with Crippen LogP contribution in [0.15, 0.2) is 48.5 Å². The monoisotopic (exact) mass is 295 g/mol. The first-order valence-corrected chi connectivity index (χ1v) is 7.09. The lowest BCUT2D eigenvalue weighted by molar-refractivity contribution is 0.0697. The van der Waals surface area contributed by atoms with Crippen molar-refractivity contribution in [1.29, 1.82) is 0 Å². The average Bonchev–Trinajstić information content (AvgIpc) is 2.87. The van der Waals surface area contributed by atoms with Gasteiger partial charge in [-0.1, -0.05) is 24.3 Å². The minimum atomic E-state index is -0.920. The maximum absolute atomic E-state index is 10.9. The molecule has 0 aliphatic carbocycles. The molecule has 0 spiro atoms. The molecular formula is C17H17N3O2. The van der Waals surface area contributed by atoms with E-state index in [0.717, 1.165) is 22.4 Å². The van der Waals surface area contributed by atoms with E-state index in [9.17, 15) is 4.79 Å². The predicted molar refractivity (Wildman–Crippen MR) is 84.8 cm³/mol. The Labute approximate surface area is 128 Å². The number of hydrogen-bond acceptors (Lipinski definition) is 3. The minimum absolute atomic E-state index is 0.175. The highest BCUT2D eigenvalue weighted by molar-refractivity contribution is 5.87. The molecule has 0 fully saturated rings. The molecule has 3 rings (SSSR count). The Morgan fingerprint density at radius 2 is 1.91 bits per heavy atom. The lowest BCUT2D eigenvalue weighted by Crippen LogP contribution is -2.14. The van der Waals surface area contributed by atoms with Crippen molar-refractivity contribution in [2.75, 3.05) is 0 Å². The number of nitrogens with two attached hydrogens (primary N) is 1. The van der Waals surface area contributed by atoms with Crippen molar-refractivity contribution in [2.24, 2.45) is 5.73 Å². The van der Waals surface area contributed by atoms with E-state index in [1.165, 1.54) is 0 Å². The molecule has 0 bridgehead atoms. The van der Waals surface area contributed by atoms with E-state index in [2.05, 4.69) is 9.55 Å². The zero-order valence-corrected chi connectivity index (χ0v) is 12.2. The maximum atomic E-state index is 10.9. The van der Waals surface area contributed by atoms with E-state index >= 15 is 0 Å². The molecule has 3 aromatic rings. The number of aromatic nitrogens is 2. The standard InChI is InChI=1S/C17H17N3O2/c1-11(18)16-19-14-4-2-3-5-15(14)20(16)10-12-6-8-13(9-7-12)17(21)22/h2-9,11H,10,18H2,1H3,(H,21,22). The van der Waals surface area contributed by atoms with E-state index in [-0.39, 0.29) is 11.6 Å². The summed E-state index contributed by atoms with van der Waals surface area (Å²) < 4.78 is 2.08. The summed E-state index contributed by atoms with van der Waals surface area (Å²) in [6.45, 7) is 2.52. The van der Waals surface area contributed by atoms with Gasteiger partial charge in [-0.2, -0.15) is 0 Å². The molecule has 5 heteroatoms. The highest BCUT2D eigenvalue weighted by Crippen LogP contribution is 2.21. The van der Waals surface area contributed by atoms with Gasteiger partial charge in [0.05, 0.1) is 22.6 Å². The SMILES string of the molecule is CC(N)c1nc2ccccc2n1Cc1ccc(C(=O)O)cc1. The summed E-state index contributed by atoms with van der Waals surface area (Å²) in [5.74, 6) is -0.0978. The normalized spacial score (nSPS) is 12.5. The number of carbonyl (C=O) groups is 1. The van der Waals surface area contributed by atoms with Gasteiger partial charge in [0.15, 0.2) is 0 Å². The van der Waals surface area contributed by atoms with Gasteiger partial charge in [-0.25, -0.2) is 9.78 Å². The molecule has 22 heavy (non-hydrogen) atoms. The lowest BCUT2D eigenvalue weighted by Gasteiger charge is -2.11. The third-order valence-corrected chi connectivity index (χ3v) is 3.63.